The van der Waals surface area contributed by atoms with Crippen LogP contribution in [-0.4, -0.2) is 20.4 Å². The molecule has 2 aromatic rings. The summed E-state index contributed by atoms with van der Waals surface area (Å²) in [6, 6.07) is 9.65. The zero-order chi connectivity index (χ0) is 13.5. The summed E-state index contributed by atoms with van der Waals surface area (Å²) in [7, 11) is 0. The van der Waals surface area contributed by atoms with E-state index >= 15 is 0 Å². The Labute approximate surface area is 112 Å². The lowest BCUT2D eigenvalue weighted by Crippen LogP contribution is -2.01. The Morgan fingerprint density at radius 1 is 1.00 bits per heavy atom. The number of nitrogens with zero attached hydrogens (tertiary/aromatic N) is 4. The van der Waals surface area contributed by atoms with Crippen molar-refractivity contribution in [2.75, 3.05) is 0 Å². The lowest BCUT2D eigenvalue weighted by molar-refractivity contribution is 0.843. The summed E-state index contributed by atoms with van der Waals surface area (Å²) in [5, 5.41) is 16.3. The van der Waals surface area contributed by atoms with Crippen LogP contribution in [0.15, 0.2) is 61.2 Å². The van der Waals surface area contributed by atoms with Crippen LogP contribution in [0.4, 0.5) is 0 Å². The van der Waals surface area contributed by atoms with Crippen molar-refractivity contribution in [3.05, 3.63) is 67.0 Å². The van der Waals surface area contributed by atoms with E-state index in [0.29, 0.717) is 11.6 Å². The molecule has 0 aliphatic heterocycles. The van der Waals surface area contributed by atoms with Crippen LogP contribution >= 0.6 is 0 Å². The molecular weight excluding hydrogens is 236 g/mol. The average molecular weight is 250 g/mol. The van der Waals surface area contributed by atoms with Crippen molar-refractivity contribution >= 4 is 5.57 Å². The van der Waals surface area contributed by atoms with E-state index in [0.717, 1.165) is 11.1 Å². The van der Waals surface area contributed by atoms with Crippen LogP contribution in [0.5, 0.6) is 0 Å². The number of hydrogen-bond donors (Lipinski definition) is 0. The highest BCUT2D eigenvalue weighted by molar-refractivity contribution is 5.59. The molecular formula is C15H14N4. The molecule has 2 rings (SSSR count). The number of allylic oxidation sites excluding steroid dienone is 5. The number of benzene rings is 1. The summed E-state index contributed by atoms with van der Waals surface area (Å²) in [5.41, 5.74) is 1.81. The smallest absolute Gasteiger partial charge is 0.126 e. The Bertz CT molecular complexity index is 598. The van der Waals surface area contributed by atoms with Gasteiger partial charge in [0.15, 0.2) is 5.82 Å². The van der Waals surface area contributed by atoms with E-state index in [1.165, 1.54) is 0 Å². The van der Waals surface area contributed by atoms with Gasteiger partial charge in [-0.2, -0.15) is 0 Å². The quantitative estimate of drug-likeness (QED) is 0.782. The molecule has 0 fully saturated rings. The summed E-state index contributed by atoms with van der Waals surface area (Å²) < 4.78 is 0. The van der Waals surface area contributed by atoms with Crippen LogP contribution in [0, 0.1) is 0 Å². The fraction of sp³-hybridized carbons (Fsp3) is 0.0667. The second kappa shape index (κ2) is 6.35. The Kier molecular flexibility index (Phi) is 4.29. The third-order valence-electron chi connectivity index (χ3n) is 2.46. The number of hydrogen-bond acceptors (Lipinski definition) is 4. The van der Waals surface area contributed by atoms with Crippen molar-refractivity contribution in [2.24, 2.45) is 0 Å². The van der Waals surface area contributed by atoms with E-state index in [1.54, 1.807) is 6.08 Å². The van der Waals surface area contributed by atoms with E-state index in [9.17, 15) is 0 Å². The summed E-state index contributed by atoms with van der Waals surface area (Å²) in [6.07, 6.45) is 7.31. The maximum Gasteiger partial charge on any atom is 0.203 e. The molecule has 4 nitrogen and oxygen atoms in total. The molecule has 0 amide bonds. The van der Waals surface area contributed by atoms with Crippen LogP contribution in [0.3, 0.4) is 0 Å². The maximum absolute atomic E-state index is 4.09. The lowest BCUT2D eigenvalue weighted by Gasteiger charge is -1.99. The minimum Gasteiger partial charge on any atom is -0.126 e. The topological polar surface area (TPSA) is 51.6 Å². The molecule has 0 N–H and O–H groups in total. The molecule has 0 atom stereocenters. The molecule has 0 bridgehead atoms. The first-order chi connectivity index (χ1) is 9.31. The average Bonchev–Trinajstić information content (AvgIpc) is 2.48. The molecule has 0 unspecified atom stereocenters. The predicted octanol–water partition coefficient (Wildman–Crippen LogP) is 3.08. The maximum atomic E-state index is 4.09. The minimum absolute atomic E-state index is 0.522. The number of aromatic nitrogens is 4. The molecule has 1 heterocycles. The van der Waals surface area contributed by atoms with Gasteiger partial charge in [-0.25, -0.2) is 0 Å². The standard InChI is InChI=1S/C15H14N4/c1-3-4-6-9-12(2)14-16-18-15(19-17-14)13-10-7-5-8-11-13/h3-11H,1H2,2H3/b6-4-,12-9+. The summed E-state index contributed by atoms with van der Waals surface area (Å²) in [4.78, 5) is 0. The Morgan fingerprint density at radius 2 is 1.68 bits per heavy atom. The van der Waals surface area contributed by atoms with Crippen LogP contribution in [0.25, 0.3) is 17.0 Å². The molecule has 4 heteroatoms. The predicted molar refractivity (Wildman–Crippen MR) is 76.0 cm³/mol. The van der Waals surface area contributed by atoms with Gasteiger partial charge in [-0.1, -0.05) is 61.2 Å². The van der Waals surface area contributed by atoms with Crippen molar-refractivity contribution in [3.8, 4) is 11.4 Å². The molecule has 0 aliphatic rings. The van der Waals surface area contributed by atoms with E-state index in [2.05, 4.69) is 27.0 Å². The van der Waals surface area contributed by atoms with Gasteiger partial charge in [0.1, 0.15) is 0 Å². The van der Waals surface area contributed by atoms with Gasteiger partial charge < -0.3 is 0 Å². The van der Waals surface area contributed by atoms with Crippen molar-refractivity contribution in [1.82, 2.24) is 20.4 Å². The number of rotatable bonds is 4. The Morgan fingerprint density at radius 3 is 2.32 bits per heavy atom. The van der Waals surface area contributed by atoms with Gasteiger partial charge in [-0.3, -0.25) is 0 Å². The largest absolute Gasteiger partial charge is 0.203 e. The van der Waals surface area contributed by atoms with Gasteiger partial charge in [0.2, 0.25) is 5.82 Å². The summed E-state index contributed by atoms with van der Waals surface area (Å²) in [6.45, 7) is 5.51. The van der Waals surface area contributed by atoms with Crippen molar-refractivity contribution < 1.29 is 0 Å². The zero-order valence-electron chi connectivity index (χ0n) is 10.7. The van der Waals surface area contributed by atoms with Crippen LogP contribution in [0.1, 0.15) is 12.7 Å². The van der Waals surface area contributed by atoms with E-state index in [1.807, 2.05) is 55.5 Å². The monoisotopic (exact) mass is 250 g/mol. The molecule has 0 aliphatic carbocycles. The molecule has 94 valence electrons. The third-order valence-corrected chi connectivity index (χ3v) is 2.46. The van der Waals surface area contributed by atoms with Crippen LogP contribution in [0.2, 0.25) is 0 Å². The van der Waals surface area contributed by atoms with Crippen LogP contribution < -0.4 is 0 Å². The van der Waals surface area contributed by atoms with Gasteiger partial charge in [0.05, 0.1) is 0 Å². The van der Waals surface area contributed by atoms with E-state index in [-0.39, 0.29) is 0 Å². The van der Waals surface area contributed by atoms with Gasteiger partial charge in [0, 0.05) is 5.56 Å². The molecule has 1 aromatic carbocycles. The first-order valence-electron chi connectivity index (χ1n) is 5.90. The second-order valence-corrected chi connectivity index (χ2v) is 3.88. The highest BCUT2D eigenvalue weighted by atomic mass is 15.3. The highest BCUT2D eigenvalue weighted by Crippen LogP contribution is 2.12. The van der Waals surface area contributed by atoms with Gasteiger partial charge in [-0.05, 0) is 12.5 Å². The van der Waals surface area contributed by atoms with E-state index in [4.69, 9.17) is 0 Å². The van der Waals surface area contributed by atoms with Gasteiger partial charge >= 0.3 is 0 Å². The summed E-state index contributed by atoms with van der Waals surface area (Å²) in [5.74, 6) is 1.05. The molecule has 0 radical (unpaired) electrons. The van der Waals surface area contributed by atoms with Gasteiger partial charge in [0.25, 0.3) is 0 Å². The molecule has 0 saturated carbocycles. The van der Waals surface area contributed by atoms with Crippen molar-refractivity contribution in [2.45, 2.75) is 6.92 Å². The van der Waals surface area contributed by atoms with E-state index < -0.39 is 0 Å². The Hall–Kier alpha value is -2.62. The first kappa shape index (κ1) is 12.8. The van der Waals surface area contributed by atoms with Gasteiger partial charge in [-0.15, -0.1) is 20.4 Å². The minimum atomic E-state index is 0.522. The Balaban J connectivity index is 2.21. The lowest BCUT2D eigenvalue weighted by atomic mass is 10.2. The molecule has 1 aromatic heterocycles. The SMILES string of the molecule is C=C/C=C\C=C(/C)c1nnc(-c2ccccc2)nn1. The zero-order valence-corrected chi connectivity index (χ0v) is 10.7. The molecule has 0 saturated heterocycles. The fourth-order valence-corrected chi connectivity index (χ4v) is 1.44. The highest BCUT2D eigenvalue weighted by Gasteiger charge is 2.04. The molecule has 0 spiro atoms. The van der Waals surface area contributed by atoms with Crippen molar-refractivity contribution in [1.29, 1.82) is 0 Å². The van der Waals surface area contributed by atoms with Crippen LogP contribution in [-0.2, 0) is 0 Å². The fourth-order valence-electron chi connectivity index (χ4n) is 1.44. The summed E-state index contributed by atoms with van der Waals surface area (Å²) >= 11 is 0. The normalized spacial score (nSPS) is 11.7. The second-order valence-electron chi connectivity index (χ2n) is 3.88. The molecule has 19 heavy (non-hydrogen) atoms. The third kappa shape index (κ3) is 3.42. The van der Waals surface area contributed by atoms with Crippen molar-refractivity contribution in [3.63, 3.8) is 0 Å². The first-order valence-corrected chi connectivity index (χ1v) is 5.90.